The molecule has 1 N–H and O–H groups in total. The molecule has 0 aliphatic carbocycles. The van der Waals surface area contributed by atoms with Crippen molar-refractivity contribution in [2.45, 2.75) is 0 Å². The topological polar surface area (TPSA) is 95.0 Å². The first-order valence-electron chi connectivity index (χ1n) is 10.3. The van der Waals surface area contributed by atoms with Crippen molar-refractivity contribution >= 4 is 17.4 Å². The van der Waals surface area contributed by atoms with Gasteiger partial charge in [-0.15, -0.1) is 0 Å². The summed E-state index contributed by atoms with van der Waals surface area (Å²) < 4.78 is 21.3. The molecule has 3 rings (SSSR count). The molecule has 3 aromatic rings. The molecule has 2 aromatic carbocycles. The maximum absolute atomic E-state index is 12.9. The molecule has 0 radical (unpaired) electrons. The second-order valence-corrected chi connectivity index (χ2v) is 6.99. The van der Waals surface area contributed by atoms with E-state index >= 15 is 0 Å². The Morgan fingerprint density at radius 3 is 2.24 bits per heavy atom. The van der Waals surface area contributed by atoms with Crippen molar-refractivity contribution in [2.24, 2.45) is 0 Å². The third-order valence-corrected chi connectivity index (χ3v) is 4.99. The number of ether oxygens (including phenoxy) is 4. The van der Waals surface area contributed by atoms with Crippen molar-refractivity contribution < 1.29 is 23.7 Å². The number of nitrogens with one attached hydrogen (secondary N) is 1. The third kappa shape index (κ3) is 5.32. The van der Waals surface area contributed by atoms with Crippen molar-refractivity contribution in [1.82, 2.24) is 15.3 Å². The lowest BCUT2D eigenvalue weighted by Gasteiger charge is -2.22. The lowest BCUT2D eigenvalue weighted by Crippen LogP contribution is -2.29. The number of carbonyl (C=O) groups is 1. The van der Waals surface area contributed by atoms with Crippen LogP contribution < -0.4 is 24.4 Å². The zero-order valence-corrected chi connectivity index (χ0v) is 19.4. The van der Waals surface area contributed by atoms with E-state index in [-0.39, 0.29) is 5.91 Å². The minimum absolute atomic E-state index is 0.290. The van der Waals surface area contributed by atoms with E-state index < -0.39 is 0 Å². The number of carbonyl (C=O) groups excluding carboxylic acids is 1. The smallest absolute Gasteiger partial charge is 0.256 e. The van der Waals surface area contributed by atoms with E-state index in [1.165, 1.54) is 6.20 Å². The first kappa shape index (κ1) is 23.8. The van der Waals surface area contributed by atoms with Crippen molar-refractivity contribution in [3.05, 3.63) is 54.2 Å². The second-order valence-electron chi connectivity index (χ2n) is 6.99. The summed E-state index contributed by atoms with van der Waals surface area (Å²) in [4.78, 5) is 23.9. The number of benzene rings is 2. The zero-order valence-electron chi connectivity index (χ0n) is 19.4. The summed E-state index contributed by atoms with van der Waals surface area (Å²) >= 11 is 0. The predicted octanol–water partition coefficient (Wildman–Crippen LogP) is 3.31. The average Bonchev–Trinajstić information content (AvgIpc) is 2.87. The van der Waals surface area contributed by atoms with E-state index in [9.17, 15) is 4.79 Å². The molecule has 0 spiro atoms. The van der Waals surface area contributed by atoms with Gasteiger partial charge in [0.15, 0.2) is 17.3 Å². The van der Waals surface area contributed by atoms with Crippen LogP contribution in [0.5, 0.6) is 17.2 Å². The Morgan fingerprint density at radius 1 is 1.00 bits per heavy atom. The van der Waals surface area contributed by atoms with Gasteiger partial charge in [0.1, 0.15) is 11.4 Å². The highest BCUT2D eigenvalue weighted by molar-refractivity contribution is 5.99. The molecule has 1 heterocycles. The molecule has 1 aromatic heterocycles. The van der Waals surface area contributed by atoms with Gasteiger partial charge in [-0.3, -0.25) is 4.79 Å². The highest BCUT2D eigenvalue weighted by atomic mass is 16.5. The molecular formula is C24H28N4O5. The largest absolute Gasteiger partial charge is 0.493 e. The van der Waals surface area contributed by atoms with Crippen molar-refractivity contribution in [3.63, 3.8) is 0 Å². The first-order valence-corrected chi connectivity index (χ1v) is 10.3. The van der Waals surface area contributed by atoms with Crippen molar-refractivity contribution in [2.75, 3.05) is 53.5 Å². The van der Waals surface area contributed by atoms with Crippen LogP contribution in [0.3, 0.4) is 0 Å². The van der Waals surface area contributed by atoms with Gasteiger partial charge in [0.2, 0.25) is 5.75 Å². The molecule has 9 nitrogen and oxygen atoms in total. The van der Waals surface area contributed by atoms with Gasteiger partial charge in [0.25, 0.3) is 5.91 Å². The van der Waals surface area contributed by atoms with Gasteiger partial charge in [-0.05, 0) is 24.3 Å². The maximum Gasteiger partial charge on any atom is 0.256 e. The van der Waals surface area contributed by atoms with Crippen LogP contribution in [0.4, 0.5) is 11.5 Å². The Bertz CT molecular complexity index is 1070. The summed E-state index contributed by atoms with van der Waals surface area (Å²) in [5.41, 5.74) is 1.87. The monoisotopic (exact) mass is 452 g/mol. The zero-order chi connectivity index (χ0) is 23.8. The summed E-state index contributed by atoms with van der Waals surface area (Å²) in [5, 5.41) is 2.83. The van der Waals surface area contributed by atoms with Crippen LogP contribution in [0.2, 0.25) is 0 Å². The Kier molecular flexibility index (Phi) is 8.04. The normalized spacial score (nSPS) is 10.5. The van der Waals surface area contributed by atoms with Gasteiger partial charge in [-0.2, -0.15) is 0 Å². The van der Waals surface area contributed by atoms with E-state index in [2.05, 4.69) is 10.3 Å². The molecule has 0 saturated heterocycles. The lowest BCUT2D eigenvalue weighted by molar-refractivity contribution is 0.0937. The maximum atomic E-state index is 12.9. The van der Waals surface area contributed by atoms with E-state index in [0.717, 1.165) is 5.69 Å². The van der Waals surface area contributed by atoms with E-state index in [1.807, 2.05) is 42.3 Å². The van der Waals surface area contributed by atoms with Gasteiger partial charge in [0.05, 0.1) is 27.9 Å². The number of aromatic nitrogens is 2. The number of methoxy groups -OCH3 is 4. The molecule has 0 bridgehead atoms. The fraction of sp³-hybridized carbons (Fsp3) is 0.292. The Balaban J connectivity index is 2.11. The molecule has 0 fully saturated rings. The van der Waals surface area contributed by atoms with Gasteiger partial charge >= 0.3 is 0 Å². The number of hydrogen-bond donors (Lipinski definition) is 1. The predicted molar refractivity (Wildman–Crippen MR) is 126 cm³/mol. The first-order chi connectivity index (χ1) is 16.0. The van der Waals surface area contributed by atoms with E-state index in [1.54, 1.807) is 40.6 Å². The lowest BCUT2D eigenvalue weighted by atomic mass is 10.1. The molecule has 174 valence electrons. The second kappa shape index (κ2) is 11.1. The Labute approximate surface area is 193 Å². The number of amides is 1. The summed E-state index contributed by atoms with van der Waals surface area (Å²) in [7, 11) is 8.06. The van der Waals surface area contributed by atoms with Crippen LogP contribution in [0.1, 0.15) is 10.4 Å². The van der Waals surface area contributed by atoms with Crippen LogP contribution in [-0.4, -0.2) is 64.5 Å². The van der Waals surface area contributed by atoms with Crippen LogP contribution in [0, 0.1) is 0 Å². The van der Waals surface area contributed by atoms with Crippen LogP contribution >= 0.6 is 0 Å². The average molecular weight is 453 g/mol. The van der Waals surface area contributed by atoms with Crippen LogP contribution in [-0.2, 0) is 4.74 Å². The molecule has 1 amide bonds. The quantitative estimate of drug-likeness (QED) is 0.468. The van der Waals surface area contributed by atoms with E-state index in [0.29, 0.717) is 53.2 Å². The number of rotatable bonds is 10. The molecule has 0 atom stereocenters. The SMILES string of the molecule is COCCNC(=O)c1cnc(-c2cc(OC)c(OC)c(OC)c2)nc1N(C)c1ccccc1. The number of para-hydroxylation sites is 1. The van der Waals surface area contributed by atoms with Gasteiger partial charge in [-0.1, -0.05) is 18.2 Å². The molecule has 33 heavy (non-hydrogen) atoms. The molecule has 0 saturated carbocycles. The van der Waals surface area contributed by atoms with Crippen molar-refractivity contribution in [3.8, 4) is 28.6 Å². The Morgan fingerprint density at radius 2 is 1.67 bits per heavy atom. The van der Waals surface area contributed by atoms with E-state index in [4.69, 9.17) is 23.9 Å². The highest BCUT2D eigenvalue weighted by Gasteiger charge is 2.21. The highest BCUT2D eigenvalue weighted by Crippen LogP contribution is 2.41. The molecule has 9 heteroatoms. The van der Waals surface area contributed by atoms with Gasteiger partial charge in [0, 0.05) is 38.1 Å². The number of hydrogen-bond acceptors (Lipinski definition) is 8. The van der Waals surface area contributed by atoms with Gasteiger partial charge in [-0.25, -0.2) is 9.97 Å². The summed E-state index contributed by atoms with van der Waals surface area (Å²) in [6, 6.07) is 13.2. The van der Waals surface area contributed by atoms with Gasteiger partial charge < -0.3 is 29.2 Å². The minimum Gasteiger partial charge on any atom is -0.493 e. The standard InChI is InChI=1S/C24H28N4O5/c1-28(17-9-7-6-8-10-17)23-18(24(29)25-11-12-30-2)15-26-22(27-23)16-13-19(31-3)21(33-5)20(14-16)32-4/h6-10,13-15H,11-12H2,1-5H3,(H,25,29). The minimum atomic E-state index is -0.290. The molecular weight excluding hydrogens is 424 g/mol. The fourth-order valence-electron chi connectivity index (χ4n) is 3.27. The fourth-order valence-corrected chi connectivity index (χ4v) is 3.27. The summed E-state index contributed by atoms with van der Waals surface area (Å²) in [5.74, 6) is 2.00. The number of nitrogens with zero attached hydrogens (tertiary/aromatic N) is 3. The molecule has 0 aliphatic heterocycles. The molecule has 0 unspecified atom stereocenters. The number of anilines is 2. The van der Waals surface area contributed by atoms with Crippen molar-refractivity contribution in [1.29, 1.82) is 0 Å². The summed E-state index contributed by atoms with van der Waals surface area (Å²) in [6.07, 6.45) is 1.52. The van der Waals surface area contributed by atoms with Crippen LogP contribution in [0.25, 0.3) is 11.4 Å². The Hall–Kier alpha value is -3.85. The van der Waals surface area contributed by atoms with Crippen LogP contribution in [0.15, 0.2) is 48.7 Å². The third-order valence-electron chi connectivity index (χ3n) is 4.99. The molecule has 0 aliphatic rings. The summed E-state index contributed by atoms with van der Waals surface area (Å²) in [6.45, 7) is 0.776.